The van der Waals surface area contributed by atoms with Crippen molar-refractivity contribution < 1.29 is 33.3 Å². The number of carbonyl (C=O) groups excluding carboxylic acids is 2. The fraction of sp³-hybridized carbons (Fsp3) is 0.538. The van der Waals surface area contributed by atoms with Crippen LogP contribution in [0.1, 0.15) is 72.1 Å². The normalized spacial score (nSPS) is 10.6. The molecule has 0 aliphatic carbocycles. The highest BCUT2D eigenvalue weighted by atomic mass is 16.7. The van der Waals surface area contributed by atoms with Crippen LogP contribution >= 0.6 is 0 Å². The molecule has 0 bridgehead atoms. The predicted octanol–water partition coefficient (Wildman–Crippen LogP) is 7.43. The van der Waals surface area contributed by atoms with Crippen LogP contribution in [0, 0.1) is 0 Å². The third-order valence-electron chi connectivity index (χ3n) is 5.04. The molecule has 0 aliphatic heterocycles. The number of unbranched alkanes of at least 4 members (excludes halogenated alkanes) is 6. The Kier molecular flexibility index (Phi) is 11.9. The zero-order valence-corrected chi connectivity index (χ0v) is 20.0. The van der Waals surface area contributed by atoms with Gasteiger partial charge >= 0.3 is 12.3 Å². The van der Waals surface area contributed by atoms with Crippen molar-refractivity contribution in [3.63, 3.8) is 0 Å². The van der Waals surface area contributed by atoms with Crippen molar-refractivity contribution in [2.24, 2.45) is 0 Å². The number of fused-ring (bicyclic) bond motifs is 1. The highest BCUT2D eigenvalue weighted by Gasteiger charge is 2.21. The maximum Gasteiger partial charge on any atom is 0.513 e. The lowest BCUT2D eigenvalue weighted by Crippen LogP contribution is -2.14. The highest BCUT2D eigenvalue weighted by Crippen LogP contribution is 2.42. The maximum absolute atomic E-state index is 12.3. The lowest BCUT2D eigenvalue weighted by molar-refractivity contribution is 0.0947. The smallest absolute Gasteiger partial charge is 0.490 e. The average Bonchev–Trinajstić information content (AvgIpc) is 2.81. The molecule has 0 aromatic heterocycles. The largest absolute Gasteiger partial charge is 0.513 e. The molecule has 2 aromatic carbocycles. The summed E-state index contributed by atoms with van der Waals surface area (Å²) < 4.78 is 27.1. The van der Waals surface area contributed by atoms with E-state index in [1.54, 1.807) is 18.2 Å². The predicted molar refractivity (Wildman–Crippen MR) is 127 cm³/mol. The summed E-state index contributed by atoms with van der Waals surface area (Å²) in [7, 11) is 0. The van der Waals surface area contributed by atoms with Gasteiger partial charge in [0.05, 0.1) is 19.8 Å². The molecule has 0 saturated heterocycles. The Morgan fingerprint density at radius 3 is 1.85 bits per heavy atom. The summed E-state index contributed by atoms with van der Waals surface area (Å²) in [6.45, 7) is 7.00. The third-order valence-corrected chi connectivity index (χ3v) is 5.04. The molecule has 0 atom stereocenters. The monoisotopic (exact) mass is 460 g/mol. The molecule has 0 saturated carbocycles. The van der Waals surface area contributed by atoms with Gasteiger partial charge in [0.15, 0.2) is 11.5 Å². The second-order valence-corrected chi connectivity index (χ2v) is 7.70. The molecule has 0 radical (unpaired) electrons. The fourth-order valence-corrected chi connectivity index (χ4v) is 3.34. The molecule has 182 valence electrons. The van der Waals surface area contributed by atoms with E-state index in [1.807, 2.05) is 13.0 Å². The first-order chi connectivity index (χ1) is 16.1. The Morgan fingerprint density at radius 2 is 1.27 bits per heavy atom. The van der Waals surface area contributed by atoms with E-state index in [-0.39, 0.29) is 17.2 Å². The minimum absolute atomic E-state index is 0.228. The van der Waals surface area contributed by atoms with Crippen LogP contribution in [0.25, 0.3) is 10.8 Å². The summed E-state index contributed by atoms with van der Waals surface area (Å²) >= 11 is 0. The molecule has 7 heteroatoms. The number of carbonyl (C=O) groups is 2. The SMILES string of the molecule is CCCCCCOC(=O)Oc1cc(OCC)c(OC(=O)OCCCCCC)c2ccccc12. The highest BCUT2D eigenvalue weighted by molar-refractivity contribution is 5.97. The van der Waals surface area contributed by atoms with E-state index in [9.17, 15) is 9.59 Å². The number of rotatable bonds is 14. The van der Waals surface area contributed by atoms with Gasteiger partial charge in [0.2, 0.25) is 0 Å². The van der Waals surface area contributed by atoms with E-state index in [2.05, 4.69) is 13.8 Å². The molecular formula is C26H36O7. The molecule has 2 rings (SSSR count). The Morgan fingerprint density at radius 1 is 0.697 bits per heavy atom. The van der Waals surface area contributed by atoms with Gasteiger partial charge in [0, 0.05) is 16.8 Å². The Bertz CT molecular complexity index is 878. The first-order valence-corrected chi connectivity index (χ1v) is 12.0. The Labute approximate surface area is 196 Å². The quantitative estimate of drug-likeness (QED) is 0.165. The molecule has 0 unspecified atom stereocenters. The van der Waals surface area contributed by atoms with Crippen molar-refractivity contribution >= 4 is 23.1 Å². The van der Waals surface area contributed by atoms with Gasteiger partial charge in [-0.05, 0) is 19.8 Å². The number of benzene rings is 2. The Hall–Kier alpha value is -2.96. The lowest BCUT2D eigenvalue weighted by Gasteiger charge is -2.16. The first-order valence-electron chi connectivity index (χ1n) is 12.0. The van der Waals surface area contributed by atoms with Crippen LogP contribution in [0.3, 0.4) is 0 Å². The molecule has 0 aliphatic rings. The number of hydrogen-bond acceptors (Lipinski definition) is 7. The van der Waals surface area contributed by atoms with E-state index < -0.39 is 12.3 Å². The molecular weight excluding hydrogens is 424 g/mol. The van der Waals surface area contributed by atoms with Gasteiger partial charge in [0.1, 0.15) is 5.75 Å². The minimum atomic E-state index is -0.794. The van der Waals surface area contributed by atoms with Crippen LogP contribution in [-0.2, 0) is 9.47 Å². The molecule has 33 heavy (non-hydrogen) atoms. The number of hydrogen-bond donors (Lipinski definition) is 0. The van der Waals surface area contributed by atoms with Crippen LogP contribution in [-0.4, -0.2) is 32.1 Å². The summed E-state index contributed by atoms with van der Waals surface area (Å²) in [6.07, 6.45) is 6.42. The van der Waals surface area contributed by atoms with Crippen molar-refractivity contribution in [2.45, 2.75) is 72.1 Å². The Balaban J connectivity index is 2.15. The molecule has 0 N–H and O–H groups in total. The van der Waals surface area contributed by atoms with E-state index in [4.69, 9.17) is 23.7 Å². The molecule has 0 spiro atoms. The van der Waals surface area contributed by atoms with Crippen LogP contribution in [0.4, 0.5) is 9.59 Å². The lowest BCUT2D eigenvalue weighted by atomic mass is 10.1. The van der Waals surface area contributed by atoms with Crippen molar-refractivity contribution in [2.75, 3.05) is 19.8 Å². The van der Waals surface area contributed by atoms with Crippen LogP contribution in [0.15, 0.2) is 30.3 Å². The summed E-state index contributed by atoms with van der Waals surface area (Å²) in [5.41, 5.74) is 0. The van der Waals surface area contributed by atoms with E-state index in [0.717, 1.165) is 51.4 Å². The standard InChI is InChI=1S/C26H36O7/c1-4-7-9-13-17-30-25(27)32-22-19-23(29-6-3)24(21-16-12-11-15-20(21)22)33-26(28)31-18-14-10-8-5-2/h11-12,15-16,19H,4-10,13-14,17-18H2,1-3H3. The van der Waals surface area contributed by atoms with Gasteiger partial charge in [0.25, 0.3) is 0 Å². The molecule has 0 fully saturated rings. The van der Waals surface area contributed by atoms with Crippen LogP contribution in [0.2, 0.25) is 0 Å². The zero-order chi connectivity index (χ0) is 23.9. The summed E-state index contributed by atoms with van der Waals surface area (Å²) in [6, 6.07) is 8.69. The summed E-state index contributed by atoms with van der Waals surface area (Å²) in [4.78, 5) is 24.5. The van der Waals surface area contributed by atoms with Gasteiger partial charge < -0.3 is 23.7 Å². The second kappa shape index (κ2) is 15.0. The second-order valence-electron chi connectivity index (χ2n) is 7.70. The molecule has 0 heterocycles. The van der Waals surface area contributed by atoms with E-state index in [0.29, 0.717) is 30.6 Å². The van der Waals surface area contributed by atoms with E-state index in [1.165, 1.54) is 6.07 Å². The first kappa shape index (κ1) is 26.3. The van der Waals surface area contributed by atoms with Gasteiger partial charge in [-0.25, -0.2) is 9.59 Å². The average molecular weight is 461 g/mol. The van der Waals surface area contributed by atoms with Gasteiger partial charge in [-0.15, -0.1) is 0 Å². The van der Waals surface area contributed by atoms with Crippen molar-refractivity contribution in [1.82, 2.24) is 0 Å². The van der Waals surface area contributed by atoms with Gasteiger partial charge in [-0.3, -0.25) is 0 Å². The topological polar surface area (TPSA) is 80.3 Å². The van der Waals surface area contributed by atoms with Crippen LogP contribution in [0.5, 0.6) is 17.2 Å². The molecule has 0 amide bonds. The molecule has 7 nitrogen and oxygen atoms in total. The van der Waals surface area contributed by atoms with E-state index >= 15 is 0 Å². The summed E-state index contributed by atoms with van der Waals surface area (Å²) in [5.74, 6) is 0.782. The van der Waals surface area contributed by atoms with Crippen molar-refractivity contribution in [3.05, 3.63) is 30.3 Å². The fourth-order valence-electron chi connectivity index (χ4n) is 3.34. The van der Waals surface area contributed by atoms with Crippen molar-refractivity contribution in [1.29, 1.82) is 0 Å². The van der Waals surface area contributed by atoms with Gasteiger partial charge in [-0.2, -0.15) is 0 Å². The maximum atomic E-state index is 12.3. The van der Waals surface area contributed by atoms with Crippen molar-refractivity contribution in [3.8, 4) is 17.2 Å². The van der Waals surface area contributed by atoms with Gasteiger partial charge in [-0.1, -0.05) is 76.6 Å². The van der Waals surface area contributed by atoms with Crippen LogP contribution < -0.4 is 14.2 Å². The zero-order valence-electron chi connectivity index (χ0n) is 20.0. The summed E-state index contributed by atoms with van der Waals surface area (Å²) in [5, 5.41) is 1.16. The molecule has 2 aromatic rings. The number of ether oxygens (including phenoxy) is 5. The minimum Gasteiger partial charge on any atom is -0.490 e. The third kappa shape index (κ3) is 8.83.